The number of hydrogen-bond donors (Lipinski definition) is 1. The standard InChI is InChI=1S/C15H15FN2/c16-13-10-18-9-6-12(13)14(17)15(7-8-15)11-4-2-1-3-5-11/h1-6,9-10,14H,7-8,17H2. The van der Waals surface area contributed by atoms with Crippen LogP contribution in [-0.2, 0) is 5.41 Å². The first kappa shape index (κ1) is 11.4. The Kier molecular flexibility index (Phi) is 2.63. The van der Waals surface area contributed by atoms with E-state index in [1.54, 1.807) is 12.3 Å². The van der Waals surface area contributed by atoms with Crippen LogP contribution < -0.4 is 5.73 Å². The summed E-state index contributed by atoms with van der Waals surface area (Å²) in [6.07, 6.45) is 4.86. The highest BCUT2D eigenvalue weighted by Crippen LogP contribution is 2.55. The fourth-order valence-electron chi connectivity index (χ4n) is 2.62. The Morgan fingerprint density at radius 3 is 2.50 bits per heavy atom. The molecular formula is C15H15FN2. The molecule has 1 heterocycles. The number of nitrogens with two attached hydrogens (primary N) is 1. The van der Waals surface area contributed by atoms with Crippen LogP contribution in [0.2, 0.25) is 0 Å². The van der Waals surface area contributed by atoms with Crippen molar-refractivity contribution in [3.05, 3.63) is 65.7 Å². The first-order valence-corrected chi connectivity index (χ1v) is 6.14. The third-order valence-electron chi connectivity index (χ3n) is 3.87. The summed E-state index contributed by atoms with van der Waals surface area (Å²) in [5.41, 5.74) is 7.97. The molecule has 0 amide bonds. The van der Waals surface area contributed by atoms with E-state index in [0.29, 0.717) is 5.56 Å². The Morgan fingerprint density at radius 2 is 1.89 bits per heavy atom. The first-order chi connectivity index (χ1) is 8.74. The molecule has 0 spiro atoms. The fraction of sp³-hybridized carbons (Fsp3) is 0.267. The average Bonchev–Trinajstić information content (AvgIpc) is 3.21. The largest absolute Gasteiger partial charge is 0.323 e. The number of halogens is 1. The van der Waals surface area contributed by atoms with Crippen molar-refractivity contribution < 1.29 is 4.39 Å². The molecule has 2 nitrogen and oxygen atoms in total. The summed E-state index contributed by atoms with van der Waals surface area (Å²) < 4.78 is 13.8. The molecule has 1 aromatic carbocycles. The van der Waals surface area contributed by atoms with Gasteiger partial charge in [0.05, 0.1) is 6.20 Å². The van der Waals surface area contributed by atoms with Gasteiger partial charge in [0, 0.05) is 23.2 Å². The van der Waals surface area contributed by atoms with Crippen molar-refractivity contribution in [3.8, 4) is 0 Å². The van der Waals surface area contributed by atoms with Crippen molar-refractivity contribution in [2.75, 3.05) is 0 Å². The molecule has 3 rings (SSSR count). The van der Waals surface area contributed by atoms with Crippen LogP contribution in [0.1, 0.15) is 30.0 Å². The number of benzene rings is 1. The molecule has 1 fully saturated rings. The smallest absolute Gasteiger partial charge is 0.146 e. The molecule has 1 aromatic heterocycles. The van der Waals surface area contributed by atoms with E-state index < -0.39 is 0 Å². The normalized spacial score (nSPS) is 18.3. The monoisotopic (exact) mass is 242 g/mol. The second-order valence-corrected chi connectivity index (χ2v) is 4.90. The van der Waals surface area contributed by atoms with Crippen LogP contribution in [-0.4, -0.2) is 4.98 Å². The number of nitrogens with zero attached hydrogens (tertiary/aromatic N) is 1. The molecule has 2 aromatic rings. The van der Waals surface area contributed by atoms with Crippen molar-refractivity contribution in [1.29, 1.82) is 0 Å². The molecule has 0 saturated heterocycles. The maximum Gasteiger partial charge on any atom is 0.146 e. The third-order valence-corrected chi connectivity index (χ3v) is 3.87. The Balaban J connectivity index is 1.98. The molecule has 3 heteroatoms. The van der Waals surface area contributed by atoms with E-state index in [0.717, 1.165) is 12.8 Å². The van der Waals surface area contributed by atoms with Gasteiger partial charge in [0.25, 0.3) is 0 Å². The van der Waals surface area contributed by atoms with E-state index in [9.17, 15) is 4.39 Å². The number of hydrogen-bond acceptors (Lipinski definition) is 2. The minimum Gasteiger partial charge on any atom is -0.323 e. The molecule has 1 unspecified atom stereocenters. The van der Waals surface area contributed by atoms with E-state index in [1.807, 2.05) is 18.2 Å². The summed E-state index contributed by atoms with van der Waals surface area (Å²) >= 11 is 0. The van der Waals surface area contributed by atoms with E-state index in [2.05, 4.69) is 17.1 Å². The minimum absolute atomic E-state index is 0.0938. The molecule has 0 aliphatic heterocycles. The molecule has 1 aliphatic carbocycles. The van der Waals surface area contributed by atoms with Crippen LogP contribution in [0, 0.1) is 5.82 Å². The maximum atomic E-state index is 13.8. The van der Waals surface area contributed by atoms with E-state index in [-0.39, 0.29) is 17.3 Å². The number of aromatic nitrogens is 1. The number of rotatable bonds is 3. The van der Waals surface area contributed by atoms with Gasteiger partial charge >= 0.3 is 0 Å². The topological polar surface area (TPSA) is 38.9 Å². The summed E-state index contributed by atoms with van der Waals surface area (Å²) in [7, 11) is 0. The van der Waals surface area contributed by atoms with Gasteiger partial charge in [-0.05, 0) is 24.5 Å². The zero-order valence-electron chi connectivity index (χ0n) is 10.0. The lowest BCUT2D eigenvalue weighted by atomic mass is 9.84. The Labute approximate surface area is 106 Å². The maximum absolute atomic E-state index is 13.8. The van der Waals surface area contributed by atoms with Gasteiger partial charge in [0.2, 0.25) is 0 Å². The fourth-order valence-corrected chi connectivity index (χ4v) is 2.62. The second kappa shape index (κ2) is 4.18. The molecule has 2 N–H and O–H groups in total. The average molecular weight is 242 g/mol. The van der Waals surface area contributed by atoms with E-state index in [4.69, 9.17) is 5.73 Å². The van der Waals surface area contributed by atoms with Gasteiger partial charge in [-0.1, -0.05) is 30.3 Å². The van der Waals surface area contributed by atoms with Crippen molar-refractivity contribution in [3.63, 3.8) is 0 Å². The summed E-state index contributed by atoms with van der Waals surface area (Å²) in [5.74, 6) is -0.313. The summed E-state index contributed by atoms with van der Waals surface area (Å²) in [6.45, 7) is 0. The van der Waals surface area contributed by atoms with Gasteiger partial charge in [-0.15, -0.1) is 0 Å². The van der Waals surface area contributed by atoms with Crippen molar-refractivity contribution in [1.82, 2.24) is 4.98 Å². The van der Waals surface area contributed by atoms with Crippen LogP contribution in [0.3, 0.4) is 0 Å². The third kappa shape index (κ3) is 1.71. The zero-order chi connectivity index (χ0) is 12.6. The highest BCUT2D eigenvalue weighted by molar-refractivity contribution is 5.37. The molecule has 1 atom stereocenters. The van der Waals surface area contributed by atoms with E-state index >= 15 is 0 Å². The van der Waals surface area contributed by atoms with Gasteiger partial charge in [-0.3, -0.25) is 4.98 Å². The van der Waals surface area contributed by atoms with Crippen LogP contribution in [0.5, 0.6) is 0 Å². The van der Waals surface area contributed by atoms with Gasteiger partial charge < -0.3 is 5.73 Å². The Hall–Kier alpha value is -1.74. The van der Waals surface area contributed by atoms with Gasteiger partial charge in [-0.2, -0.15) is 0 Å². The summed E-state index contributed by atoms with van der Waals surface area (Å²) in [5, 5.41) is 0. The predicted molar refractivity (Wildman–Crippen MR) is 68.5 cm³/mol. The molecule has 0 bridgehead atoms. The van der Waals surface area contributed by atoms with Crippen LogP contribution in [0.15, 0.2) is 48.8 Å². The highest BCUT2D eigenvalue weighted by Gasteiger charge is 2.50. The van der Waals surface area contributed by atoms with Gasteiger partial charge in [0.15, 0.2) is 0 Å². The lowest BCUT2D eigenvalue weighted by Gasteiger charge is -2.24. The minimum atomic E-state index is -0.313. The van der Waals surface area contributed by atoms with Crippen LogP contribution in [0.25, 0.3) is 0 Å². The molecular weight excluding hydrogens is 227 g/mol. The van der Waals surface area contributed by atoms with Crippen LogP contribution >= 0.6 is 0 Å². The van der Waals surface area contributed by atoms with Gasteiger partial charge in [-0.25, -0.2) is 4.39 Å². The van der Waals surface area contributed by atoms with Gasteiger partial charge in [0.1, 0.15) is 5.82 Å². The molecule has 1 saturated carbocycles. The number of pyridine rings is 1. The van der Waals surface area contributed by atoms with Crippen LogP contribution in [0.4, 0.5) is 4.39 Å². The highest BCUT2D eigenvalue weighted by atomic mass is 19.1. The molecule has 92 valence electrons. The SMILES string of the molecule is NC(c1ccncc1F)C1(c2ccccc2)CC1. The lowest BCUT2D eigenvalue weighted by molar-refractivity contribution is 0.502. The summed E-state index contributed by atoms with van der Waals surface area (Å²) in [4.78, 5) is 3.77. The van der Waals surface area contributed by atoms with E-state index in [1.165, 1.54) is 11.8 Å². The predicted octanol–water partition coefficient (Wildman–Crippen LogP) is 2.95. The first-order valence-electron chi connectivity index (χ1n) is 6.14. The second-order valence-electron chi connectivity index (χ2n) is 4.90. The quantitative estimate of drug-likeness (QED) is 0.898. The molecule has 0 radical (unpaired) electrons. The van der Waals surface area contributed by atoms with Crippen molar-refractivity contribution >= 4 is 0 Å². The molecule has 1 aliphatic rings. The van der Waals surface area contributed by atoms with Crippen molar-refractivity contribution in [2.45, 2.75) is 24.3 Å². The Bertz CT molecular complexity index is 549. The Morgan fingerprint density at radius 1 is 1.17 bits per heavy atom. The van der Waals surface area contributed by atoms with Crippen molar-refractivity contribution in [2.24, 2.45) is 5.73 Å². The lowest BCUT2D eigenvalue weighted by Crippen LogP contribution is -2.27. The molecule has 18 heavy (non-hydrogen) atoms. The zero-order valence-corrected chi connectivity index (χ0v) is 10.0. The summed E-state index contributed by atoms with van der Waals surface area (Å²) in [6, 6.07) is 11.5.